The number of aromatic nitrogens is 3. The summed E-state index contributed by atoms with van der Waals surface area (Å²) in [5, 5.41) is 9.78. The molecule has 0 saturated carbocycles. The minimum Gasteiger partial charge on any atom is -0.496 e. The SMILES string of the molecule is COc1cc2c(cc1-c1cnc(C)nc1)c(C(C)=O)cn2CC(=O)O. The number of ether oxygens (including phenoxy) is 1. The maximum atomic E-state index is 12.0. The molecule has 1 N–H and O–H groups in total. The van der Waals surface area contributed by atoms with Gasteiger partial charge in [-0.15, -0.1) is 0 Å². The van der Waals surface area contributed by atoms with Crippen molar-refractivity contribution in [2.75, 3.05) is 7.11 Å². The molecule has 7 nitrogen and oxygen atoms in total. The largest absolute Gasteiger partial charge is 0.496 e. The first kappa shape index (κ1) is 16.6. The number of aryl methyl sites for hydroxylation is 1. The van der Waals surface area contributed by atoms with E-state index in [9.17, 15) is 9.59 Å². The van der Waals surface area contributed by atoms with Crippen LogP contribution >= 0.6 is 0 Å². The molecule has 0 aliphatic rings. The number of carbonyl (C=O) groups is 2. The summed E-state index contributed by atoms with van der Waals surface area (Å²) in [5.74, 6) is 0.0908. The first-order chi connectivity index (χ1) is 11.9. The number of fused-ring (bicyclic) bond motifs is 1. The van der Waals surface area contributed by atoms with Gasteiger partial charge >= 0.3 is 5.97 Å². The summed E-state index contributed by atoms with van der Waals surface area (Å²) in [5.41, 5.74) is 2.59. The van der Waals surface area contributed by atoms with E-state index >= 15 is 0 Å². The summed E-state index contributed by atoms with van der Waals surface area (Å²) < 4.78 is 7.00. The summed E-state index contributed by atoms with van der Waals surface area (Å²) in [6.07, 6.45) is 4.94. The third kappa shape index (κ3) is 3.08. The maximum absolute atomic E-state index is 12.0. The second-order valence-electron chi connectivity index (χ2n) is 5.71. The van der Waals surface area contributed by atoms with Crippen molar-refractivity contribution in [1.29, 1.82) is 0 Å². The van der Waals surface area contributed by atoms with Crippen LogP contribution in [0.3, 0.4) is 0 Å². The van der Waals surface area contributed by atoms with Crippen molar-refractivity contribution < 1.29 is 19.4 Å². The number of hydrogen-bond acceptors (Lipinski definition) is 5. The van der Waals surface area contributed by atoms with Gasteiger partial charge < -0.3 is 14.4 Å². The van der Waals surface area contributed by atoms with Crippen molar-refractivity contribution in [2.45, 2.75) is 20.4 Å². The van der Waals surface area contributed by atoms with Crippen molar-refractivity contribution in [2.24, 2.45) is 0 Å². The predicted molar refractivity (Wildman–Crippen MR) is 91.9 cm³/mol. The number of benzene rings is 1. The van der Waals surface area contributed by atoms with Crippen LogP contribution in [0.15, 0.2) is 30.7 Å². The fraction of sp³-hybridized carbons (Fsp3) is 0.222. The Balaban J connectivity index is 2.29. The van der Waals surface area contributed by atoms with Gasteiger partial charge in [0.05, 0.1) is 12.6 Å². The van der Waals surface area contributed by atoms with Gasteiger partial charge in [0, 0.05) is 46.7 Å². The van der Waals surface area contributed by atoms with E-state index in [1.807, 2.05) is 6.07 Å². The van der Waals surface area contributed by atoms with Crippen LogP contribution in [0, 0.1) is 6.92 Å². The van der Waals surface area contributed by atoms with E-state index in [2.05, 4.69) is 9.97 Å². The summed E-state index contributed by atoms with van der Waals surface area (Å²) in [7, 11) is 1.54. The molecule has 0 fully saturated rings. The molecule has 0 atom stereocenters. The Labute approximate surface area is 143 Å². The molecule has 3 rings (SSSR count). The van der Waals surface area contributed by atoms with E-state index in [4.69, 9.17) is 9.84 Å². The highest BCUT2D eigenvalue weighted by atomic mass is 16.5. The minimum atomic E-state index is -0.984. The zero-order valence-corrected chi connectivity index (χ0v) is 14.1. The topological polar surface area (TPSA) is 94.3 Å². The van der Waals surface area contributed by atoms with E-state index in [1.165, 1.54) is 18.6 Å². The standard InChI is InChI=1S/C18H17N3O4/c1-10(22)15-8-21(9-18(23)24)16-5-17(25-3)13(4-14(15)16)12-6-19-11(2)20-7-12/h4-8H,9H2,1-3H3,(H,23,24). The average molecular weight is 339 g/mol. The lowest BCUT2D eigenvalue weighted by Crippen LogP contribution is -2.07. The van der Waals surface area contributed by atoms with Gasteiger partial charge in [-0.25, -0.2) is 9.97 Å². The van der Waals surface area contributed by atoms with Crippen LogP contribution in [0.1, 0.15) is 23.1 Å². The van der Waals surface area contributed by atoms with Gasteiger partial charge in [-0.05, 0) is 19.9 Å². The maximum Gasteiger partial charge on any atom is 0.323 e. The minimum absolute atomic E-state index is 0.134. The highest BCUT2D eigenvalue weighted by Gasteiger charge is 2.18. The molecular formula is C18H17N3O4. The molecular weight excluding hydrogens is 322 g/mol. The second-order valence-corrected chi connectivity index (χ2v) is 5.71. The van der Waals surface area contributed by atoms with Crippen LogP contribution in [0.5, 0.6) is 5.75 Å². The Hall–Kier alpha value is -3.22. The van der Waals surface area contributed by atoms with Gasteiger partial charge in [0.15, 0.2) is 5.78 Å². The highest BCUT2D eigenvalue weighted by molar-refractivity contribution is 6.08. The van der Waals surface area contributed by atoms with Crippen LogP contribution in [0.4, 0.5) is 0 Å². The van der Waals surface area contributed by atoms with Gasteiger partial charge in [-0.3, -0.25) is 9.59 Å². The first-order valence-corrected chi connectivity index (χ1v) is 7.63. The van der Waals surface area contributed by atoms with E-state index < -0.39 is 5.97 Å². The lowest BCUT2D eigenvalue weighted by atomic mass is 10.0. The normalized spacial score (nSPS) is 10.8. The molecule has 1 aromatic carbocycles. The van der Waals surface area contributed by atoms with Crippen molar-refractivity contribution in [3.8, 4) is 16.9 Å². The molecule has 0 aliphatic carbocycles. The van der Waals surface area contributed by atoms with Crippen LogP contribution in [0.2, 0.25) is 0 Å². The number of ketones is 1. The number of rotatable bonds is 5. The number of carboxylic acid groups (broad SMARTS) is 1. The smallest absolute Gasteiger partial charge is 0.323 e. The van der Waals surface area contributed by atoms with Crippen LogP contribution < -0.4 is 4.74 Å². The van der Waals surface area contributed by atoms with Gasteiger partial charge in [-0.2, -0.15) is 0 Å². The fourth-order valence-electron chi connectivity index (χ4n) is 2.80. The molecule has 7 heteroatoms. The van der Waals surface area contributed by atoms with E-state index in [1.54, 1.807) is 31.6 Å². The molecule has 0 spiro atoms. The van der Waals surface area contributed by atoms with Crippen LogP contribution in [-0.4, -0.2) is 38.5 Å². The zero-order valence-electron chi connectivity index (χ0n) is 14.1. The average Bonchev–Trinajstić information content (AvgIpc) is 2.91. The lowest BCUT2D eigenvalue weighted by molar-refractivity contribution is -0.137. The van der Waals surface area contributed by atoms with Crippen LogP contribution in [0.25, 0.3) is 22.0 Å². The van der Waals surface area contributed by atoms with Gasteiger partial charge in [-0.1, -0.05) is 0 Å². The van der Waals surface area contributed by atoms with E-state index in [0.717, 1.165) is 11.1 Å². The molecule has 0 bridgehead atoms. The summed E-state index contributed by atoms with van der Waals surface area (Å²) in [6.45, 7) is 3.02. The Kier molecular flexibility index (Phi) is 4.22. The van der Waals surface area contributed by atoms with Gasteiger partial charge in [0.1, 0.15) is 18.1 Å². The highest BCUT2D eigenvalue weighted by Crippen LogP contribution is 2.36. The number of carbonyl (C=O) groups excluding carboxylic acids is 1. The van der Waals surface area contributed by atoms with Crippen molar-refractivity contribution >= 4 is 22.7 Å². The number of aliphatic carboxylic acids is 1. The number of Topliss-reactive ketones (excluding diaryl/α,β-unsaturated/α-hetero) is 1. The van der Waals surface area contributed by atoms with Gasteiger partial charge in [0.2, 0.25) is 0 Å². The molecule has 128 valence electrons. The van der Waals surface area contributed by atoms with Crippen LogP contribution in [-0.2, 0) is 11.3 Å². The number of hydrogen-bond donors (Lipinski definition) is 1. The van der Waals surface area contributed by atoms with Crippen molar-refractivity contribution in [3.63, 3.8) is 0 Å². The second kappa shape index (κ2) is 6.35. The molecule has 0 saturated heterocycles. The molecule has 25 heavy (non-hydrogen) atoms. The Morgan fingerprint density at radius 3 is 2.48 bits per heavy atom. The van der Waals surface area contributed by atoms with E-state index in [-0.39, 0.29) is 12.3 Å². The fourth-order valence-corrected chi connectivity index (χ4v) is 2.80. The number of methoxy groups -OCH3 is 1. The Morgan fingerprint density at radius 1 is 1.24 bits per heavy atom. The summed E-state index contributed by atoms with van der Waals surface area (Å²) in [6, 6.07) is 3.55. The summed E-state index contributed by atoms with van der Waals surface area (Å²) in [4.78, 5) is 31.5. The molecule has 0 radical (unpaired) electrons. The zero-order chi connectivity index (χ0) is 18.1. The molecule has 0 unspecified atom stereocenters. The molecule has 0 aliphatic heterocycles. The lowest BCUT2D eigenvalue weighted by Gasteiger charge is -2.10. The van der Waals surface area contributed by atoms with Crippen molar-refractivity contribution in [3.05, 3.63) is 42.1 Å². The molecule has 3 aromatic rings. The monoisotopic (exact) mass is 339 g/mol. The number of nitrogens with zero attached hydrogens (tertiary/aromatic N) is 3. The molecule has 2 heterocycles. The van der Waals surface area contributed by atoms with E-state index in [0.29, 0.717) is 28.0 Å². The van der Waals surface area contributed by atoms with Gasteiger partial charge in [0.25, 0.3) is 0 Å². The van der Waals surface area contributed by atoms with Crippen molar-refractivity contribution in [1.82, 2.24) is 14.5 Å². The number of carboxylic acids is 1. The third-order valence-corrected chi connectivity index (χ3v) is 3.98. The summed E-state index contributed by atoms with van der Waals surface area (Å²) >= 11 is 0. The quantitative estimate of drug-likeness (QED) is 0.718. The third-order valence-electron chi connectivity index (χ3n) is 3.98. The molecule has 0 amide bonds. The Bertz CT molecular complexity index is 974. The predicted octanol–water partition coefficient (Wildman–Crippen LogP) is 2.70. The molecule has 2 aromatic heterocycles. The first-order valence-electron chi connectivity index (χ1n) is 7.63. The Morgan fingerprint density at radius 2 is 1.92 bits per heavy atom.